The van der Waals surface area contributed by atoms with E-state index in [0.29, 0.717) is 11.1 Å². The Hall–Kier alpha value is -3.77. The summed E-state index contributed by atoms with van der Waals surface area (Å²) in [5.41, 5.74) is 1.98. The van der Waals surface area contributed by atoms with Crippen molar-refractivity contribution in [3.8, 4) is 0 Å². The van der Waals surface area contributed by atoms with Gasteiger partial charge in [0.2, 0.25) is 0 Å². The fourth-order valence-electron chi connectivity index (χ4n) is 5.03. The lowest BCUT2D eigenvalue weighted by Crippen LogP contribution is -2.64. The lowest BCUT2D eigenvalue weighted by Gasteiger charge is -2.39. The molecule has 0 radical (unpaired) electrons. The molecule has 4 N–H and O–H groups in total. The van der Waals surface area contributed by atoms with Crippen molar-refractivity contribution >= 4 is 49.1 Å². The molecule has 0 spiro atoms. The molecule has 12 heteroatoms. The Kier molecular flexibility index (Phi) is 8.00. The molecule has 42 heavy (non-hydrogen) atoms. The molecule has 3 aromatic rings. The van der Waals surface area contributed by atoms with Gasteiger partial charge in [0.25, 0.3) is 11.8 Å². The average Bonchev–Trinajstić information content (AvgIpc) is 3.04. The minimum absolute atomic E-state index is 0.0606. The monoisotopic (exact) mass is 568 g/mol. The molecule has 0 atom stereocenters. The van der Waals surface area contributed by atoms with Crippen molar-refractivity contribution in [2.45, 2.75) is 11.1 Å². The van der Waals surface area contributed by atoms with Gasteiger partial charge in [-0.05, 0) is 46.3 Å². The lowest BCUT2D eigenvalue weighted by atomic mass is 9.72. The van der Waals surface area contributed by atoms with Crippen molar-refractivity contribution in [2.24, 2.45) is 0 Å². The van der Waals surface area contributed by atoms with Crippen molar-refractivity contribution < 1.29 is 38.4 Å². The second-order valence-electron chi connectivity index (χ2n) is 10.9. The predicted octanol–water partition coefficient (Wildman–Crippen LogP) is -0.0234. The minimum Gasteiger partial charge on any atom is -0.405 e. The van der Waals surface area contributed by atoms with E-state index in [1.807, 2.05) is 60.7 Å². The van der Waals surface area contributed by atoms with Gasteiger partial charge in [0.15, 0.2) is 0 Å². The summed E-state index contributed by atoms with van der Waals surface area (Å²) in [5, 5.41) is 26.0. The second kappa shape index (κ2) is 11.8. The van der Waals surface area contributed by atoms with E-state index < -0.39 is 25.3 Å². The fourth-order valence-corrected chi connectivity index (χ4v) is 5.03. The van der Waals surface area contributed by atoms with E-state index in [4.69, 9.17) is 18.6 Å². The predicted molar refractivity (Wildman–Crippen MR) is 157 cm³/mol. The van der Waals surface area contributed by atoms with Gasteiger partial charge in [-0.25, -0.2) is 0 Å². The number of carbonyl (C=O) groups excluding carboxylic acids is 2. The number of rotatable bonds is 2. The molecule has 214 valence electrons. The minimum atomic E-state index is -1.08. The van der Waals surface area contributed by atoms with E-state index in [2.05, 4.69) is 10.6 Å². The summed E-state index contributed by atoms with van der Waals surface area (Å²) in [4.78, 5) is 26.0. The Morgan fingerprint density at radius 1 is 0.571 bits per heavy atom. The SMILES string of the molecule is O=C1NC2(CO)COB(OC2)c2ccc(cc2)B2OCC(CO)(CO2)NC(=O)c2ccc(cc2)/C=C\c2ccc1cc2. The summed E-state index contributed by atoms with van der Waals surface area (Å²) >= 11 is 0. The maximum atomic E-state index is 13.0. The highest BCUT2D eigenvalue weighted by Crippen LogP contribution is 2.19. The number of amides is 2. The quantitative estimate of drug-likeness (QED) is 0.317. The van der Waals surface area contributed by atoms with Gasteiger partial charge in [-0.1, -0.05) is 60.7 Å². The molecule has 0 aromatic heterocycles. The third kappa shape index (κ3) is 5.91. The molecule has 2 saturated heterocycles. The number of carbonyl (C=O) groups is 2. The van der Waals surface area contributed by atoms with Gasteiger partial charge in [-0.2, -0.15) is 0 Å². The standard InChI is InChI=1S/C30H30B2N2O8/c35-15-29-17-39-31(40-18-29)25-11-13-26(14-12-25)32-41-19-30(16-36,20-42-32)34-28(38)24-9-5-22(6-10-24)2-1-21-3-7-23(8-4-21)27(37)33-29/h1-14,35-36H,15-20H2,(H,33,37)(H,34,38)/b2-1-. The number of hydrogen-bond acceptors (Lipinski definition) is 8. The third-order valence-electron chi connectivity index (χ3n) is 7.70. The van der Waals surface area contributed by atoms with Gasteiger partial charge in [0, 0.05) is 11.1 Å². The number of fused-ring (bicyclic) bond motifs is 1. The Labute approximate surface area is 243 Å². The number of hydrogen-bond donors (Lipinski definition) is 4. The molecule has 10 nitrogen and oxygen atoms in total. The maximum absolute atomic E-state index is 13.0. The maximum Gasteiger partial charge on any atom is 0.494 e. The highest BCUT2D eigenvalue weighted by molar-refractivity contribution is 6.63. The van der Waals surface area contributed by atoms with E-state index >= 15 is 0 Å². The third-order valence-corrected chi connectivity index (χ3v) is 7.70. The average molecular weight is 568 g/mol. The summed E-state index contributed by atoms with van der Waals surface area (Å²) in [5.74, 6) is -0.690. The first-order valence-corrected chi connectivity index (χ1v) is 13.7. The molecule has 3 aromatic carbocycles. The van der Waals surface area contributed by atoms with Gasteiger partial charge >= 0.3 is 14.2 Å². The van der Waals surface area contributed by atoms with Crippen LogP contribution in [-0.4, -0.2) is 87.0 Å². The largest absolute Gasteiger partial charge is 0.494 e. The van der Waals surface area contributed by atoms with Gasteiger partial charge in [-0.15, -0.1) is 0 Å². The van der Waals surface area contributed by atoms with E-state index in [-0.39, 0.29) is 51.5 Å². The second-order valence-corrected chi connectivity index (χ2v) is 10.9. The Morgan fingerprint density at radius 2 is 0.905 bits per heavy atom. The molecule has 0 unspecified atom stereocenters. The first-order chi connectivity index (χ1) is 20.4. The fraction of sp³-hybridized carbons (Fsp3) is 0.267. The molecule has 10 aliphatic rings. The molecule has 10 aliphatic heterocycles. The van der Waals surface area contributed by atoms with Crippen LogP contribution in [-0.2, 0) is 18.6 Å². The number of nitrogens with one attached hydrogen (secondary N) is 2. The highest BCUT2D eigenvalue weighted by atomic mass is 16.6. The number of aliphatic hydroxyl groups excluding tert-OH is 2. The van der Waals surface area contributed by atoms with Gasteiger partial charge in [0.1, 0.15) is 11.1 Å². The van der Waals surface area contributed by atoms with Crippen LogP contribution in [0.2, 0.25) is 0 Å². The number of benzene rings is 3. The molecular weight excluding hydrogens is 538 g/mol. The number of aliphatic hydroxyl groups is 2. The van der Waals surface area contributed by atoms with Crippen LogP contribution < -0.4 is 21.6 Å². The van der Waals surface area contributed by atoms with Crippen molar-refractivity contribution in [1.82, 2.24) is 10.6 Å². The molecule has 13 rings (SSSR count). The van der Waals surface area contributed by atoms with Gasteiger partial charge in [0.05, 0.1) is 39.6 Å². The molecule has 0 aliphatic carbocycles. The summed E-state index contributed by atoms with van der Waals surface area (Å²) in [7, 11) is -1.36. The van der Waals surface area contributed by atoms with Crippen LogP contribution in [0.4, 0.5) is 0 Å². The van der Waals surface area contributed by atoms with Crippen LogP contribution in [0.5, 0.6) is 0 Å². The summed E-state index contributed by atoms with van der Waals surface area (Å²) < 4.78 is 23.7. The smallest absolute Gasteiger partial charge is 0.405 e. The van der Waals surface area contributed by atoms with Crippen LogP contribution in [0.1, 0.15) is 31.8 Å². The van der Waals surface area contributed by atoms with Crippen LogP contribution in [0.15, 0.2) is 72.8 Å². The lowest BCUT2D eigenvalue weighted by molar-refractivity contribution is 0.00792. The van der Waals surface area contributed by atoms with E-state index in [1.54, 1.807) is 24.3 Å². The first kappa shape index (κ1) is 28.4. The van der Waals surface area contributed by atoms with Gasteiger partial charge in [-0.3, -0.25) is 9.59 Å². The zero-order valence-electron chi connectivity index (χ0n) is 22.8. The molecule has 2 fully saturated rings. The normalized spacial score (nSPS) is 25.1. The van der Waals surface area contributed by atoms with Crippen LogP contribution in [0.25, 0.3) is 12.2 Å². The van der Waals surface area contributed by atoms with Crippen LogP contribution in [0.3, 0.4) is 0 Å². The van der Waals surface area contributed by atoms with E-state index in [0.717, 1.165) is 22.1 Å². The Bertz CT molecular complexity index is 1340. The van der Waals surface area contributed by atoms with Crippen LogP contribution >= 0.6 is 0 Å². The molecular formula is C30H30B2N2O8. The molecule has 10 bridgehead atoms. The Balaban J connectivity index is 1.28. The Morgan fingerprint density at radius 3 is 1.21 bits per heavy atom. The molecule has 0 saturated carbocycles. The van der Waals surface area contributed by atoms with Crippen molar-refractivity contribution in [2.75, 3.05) is 39.6 Å². The van der Waals surface area contributed by atoms with Gasteiger partial charge < -0.3 is 39.5 Å². The van der Waals surface area contributed by atoms with Crippen molar-refractivity contribution in [3.05, 3.63) is 95.1 Å². The highest BCUT2D eigenvalue weighted by Gasteiger charge is 2.43. The van der Waals surface area contributed by atoms with E-state index in [1.165, 1.54) is 0 Å². The summed E-state index contributed by atoms with van der Waals surface area (Å²) in [6.07, 6.45) is 3.80. The van der Waals surface area contributed by atoms with Crippen molar-refractivity contribution in [1.29, 1.82) is 0 Å². The topological polar surface area (TPSA) is 136 Å². The molecule has 2 amide bonds. The zero-order chi connectivity index (χ0) is 29.2. The summed E-state index contributed by atoms with van der Waals surface area (Å²) in [6, 6.07) is 21.5. The van der Waals surface area contributed by atoms with E-state index in [9.17, 15) is 19.8 Å². The zero-order valence-corrected chi connectivity index (χ0v) is 22.8. The first-order valence-electron chi connectivity index (χ1n) is 13.7. The van der Waals surface area contributed by atoms with Crippen LogP contribution in [0, 0.1) is 0 Å². The molecule has 10 heterocycles. The summed E-state index contributed by atoms with van der Waals surface area (Å²) in [6.45, 7) is -0.460. The van der Waals surface area contributed by atoms with Crippen molar-refractivity contribution in [3.63, 3.8) is 0 Å².